The maximum absolute atomic E-state index is 11.7. The van der Waals surface area contributed by atoms with Gasteiger partial charge in [-0.1, -0.05) is 0 Å². The largest absolute Gasteiger partial charge is 0.355 e. The van der Waals surface area contributed by atoms with Gasteiger partial charge in [0.05, 0.1) is 11.1 Å². The third-order valence-corrected chi connectivity index (χ3v) is 8.57. The Hall–Kier alpha value is -0.800. The number of nitrogens with one attached hydrogen (secondary N) is 2. The van der Waals surface area contributed by atoms with E-state index >= 15 is 0 Å². The van der Waals surface area contributed by atoms with Gasteiger partial charge < -0.3 is 4.90 Å². The average Bonchev–Trinajstić information content (AvgIpc) is 3.30. The molecule has 0 aromatic heterocycles. The van der Waals surface area contributed by atoms with Gasteiger partial charge in [-0.2, -0.15) is 11.8 Å². The molecule has 0 amide bonds. The number of hydrogen-bond acceptors (Lipinski definition) is 7. The summed E-state index contributed by atoms with van der Waals surface area (Å²) < 4.78 is 23.5. The van der Waals surface area contributed by atoms with Crippen LogP contribution in [0.4, 0.5) is 5.69 Å². The molecule has 2 N–H and O–H groups in total. The van der Waals surface area contributed by atoms with Crippen molar-refractivity contribution in [3.63, 3.8) is 0 Å². The SMILES string of the molecule is CN1C(NCC2CCCS2)NCC2CCN(c3ccc(S(C)(=O)=O)cc3)C21. The fourth-order valence-electron chi connectivity index (χ4n) is 4.59. The summed E-state index contributed by atoms with van der Waals surface area (Å²) in [5.41, 5.74) is 1.11. The molecule has 4 atom stereocenters. The first-order valence-electron chi connectivity index (χ1n) is 9.80. The van der Waals surface area contributed by atoms with Crippen molar-refractivity contribution in [1.82, 2.24) is 15.5 Å². The van der Waals surface area contributed by atoms with Crippen LogP contribution >= 0.6 is 11.8 Å². The molecular weight excluding hydrogens is 380 g/mol. The average molecular weight is 411 g/mol. The van der Waals surface area contributed by atoms with E-state index in [9.17, 15) is 8.42 Å². The first-order valence-corrected chi connectivity index (χ1v) is 12.7. The van der Waals surface area contributed by atoms with Gasteiger partial charge in [0.2, 0.25) is 0 Å². The summed E-state index contributed by atoms with van der Waals surface area (Å²) in [4.78, 5) is 5.22. The lowest BCUT2D eigenvalue weighted by Crippen LogP contribution is -2.66. The maximum Gasteiger partial charge on any atom is 0.175 e. The number of anilines is 1. The Morgan fingerprint density at radius 1 is 1.26 bits per heavy atom. The van der Waals surface area contributed by atoms with Crippen LogP contribution in [0, 0.1) is 5.92 Å². The Morgan fingerprint density at radius 3 is 2.70 bits per heavy atom. The molecule has 8 heteroatoms. The second-order valence-corrected chi connectivity index (χ2v) is 11.4. The van der Waals surface area contributed by atoms with Crippen LogP contribution in [0.1, 0.15) is 19.3 Å². The van der Waals surface area contributed by atoms with E-state index in [4.69, 9.17) is 0 Å². The minimum Gasteiger partial charge on any atom is -0.355 e. The van der Waals surface area contributed by atoms with Gasteiger partial charge in [-0.15, -0.1) is 0 Å². The van der Waals surface area contributed by atoms with Crippen molar-refractivity contribution in [2.75, 3.05) is 43.6 Å². The van der Waals surface area contributed by atoms with Crippen molar-refractivity contribution in [2.45, 2.75) is 41.9 Å². The van der Waals surface area contributed by atoms with Gasteiger partial charge in [0, 0.05) is 42.7 Å². The van der Waals surface area contributed by atoms with E-state index in [1.54, 1.807) is 12.1 Å². The number of hydrogen-bond donors (Lipinski definition) is 2. The Balaban J connectivity index is 1.45. The molecule has 27 heavy (non-hydrogen) atoms. The van der Waals surface area contributed by atoms with Crippen molar-refractivity contribution in [3.8, 4) is 0 Å². The van der Waals surface area contributed by atoms with Gasteiger partial charge >= 0.3 is 0 Å². The van der Waals surface area contributed by atoms with Crippen LogP contribution in [-0.2, 0) is 9.84 Å². The van der Waals surface area contributed by atoms with Gasteiger partial charge in [0.1, 0.15) is 6.29 Å². The second-order valence-electron chi connectivity index (χ2n) is 7.94. The predicted octanol–water partition coefficient (Wildman–Crippen LogP) is 1.55. The smallest absolute Gasteiger partial charge is 0.175 e. The molecule has 0 saturated carbocycles. The standard InChI is InChI=1S/C19H30N4O2S2/c1-22-18-14(12-20-19(22)21-13-16-4-3-11-26-16)9-10-23(18)15-5-7-17(8-6-15)27(2,24)25/h5-8,14,16,18-21H,3-4,9-13H2,1-2H3. The van der Waals surface area contributed by atoms with E-state index in [2.05, 4.69) is 39.2 Å². The second kappa shape index (κ2) is 7.91. The van der Waals surface area contributed by atoms with Gasteiger partial charge in [-0.25, -0.2) is 8.42 Å². The fourth-order valence-corrected chi connectivity index (χ4v) is 6.44. The van der Waals surface area contributed by atoms with Crippen molar-refractivity contribution < 1.29 is 8.42 Å². The number of benzene rings is 1. The zero-order valence-electron chi connectivity index (χ0n) is 16.1. The lowest BCUT2D eigenvalue weighted by molar-refractivity contribution is 0.0519. The van der Waals surface area contributed by atoms with Crippen LogP contribution in [0.5, 0.6) is 0 Å². The van der Waals surface area contributed by atoms with Crippen LogP contribution in [0.2, 0.25) is 0 Å². The third-order valence-electron chi connectivity index (χ3n) is 6.04. The molecule has 0 radical (unpaired) electrons. The molecule has 3 aliphatic heterocycles. The molecule has 150 valence electrons. The molecule has 4 unspecified atom stereocenters. The predicted molar refractivity (Wildman–Crippen MR) is 112 cm³/mol. The molecule has 3 aliphatic rings. The zero-order chi connectivity index (χ0) is 19.0. The topological polar surface area (TPSA) is 64.7 Å². The Kier molecular flexibility index (Phi) is 5.72. The first-order chi connectivity index (χ1) is 12.9. The van der Waals surface area contributed by atoms with Crippen LogP contribution in [0.3, 0.4) is 0 Å². The summed E-state index contributed by atoms with van der Waals surface area (Å²) >= 11 is 2.08. The maximum atomic E-state index is 11.7. The number of thioether (sulfide) groups is 1. The van der Waals surface area contributed by atoms with Gasteiger partial charge in [0.25, 0.3) is 0 Å². The molecule has 3 fully saturated rings. The van der Waals surface area contributed by atoms with Crippen LogP contribution in [0.15, 0.2) is 29.2 Å². The zero-order valence-corrected chi connectivity index (χ0v) is 17.7. The molecule has 1 aromatic carbocycles. The molecular formula is C19H30N4O2S2. The number of fused-ring (bicyclic) bond motifs is 1. The normalized spacial score (nSPS) is 32.0. The first kappa shape index (κ1) is 19.5. The highest BCUT2D eigenvalue weighted by atomic mass is 32.2. The Labute approximate surface area is 167 Å². The van der Waals surface area contributed by atoms with E-state index in [1.165, 1.54) is 24.9 Å². The minimum absolute atomic E-state index is 0.184. The molecule has 1 aromatic rings. The van der Waals surface area contributed by atoms with Gasteiger partial charge in [0.15, 0.2) is 9.84 Å². The highest BCUT2D eigenvalue weighted by molar-refractivity contribution is 8.00. The van der Waals surface area contributed by atoms with E-state index < -0.39 is 9.84 Å². The summed E-state index contributed by atoms with van der Waals surface area (Å²) in [6.45, 7) is 3.07. The van der Waals surface area contributed by atoms with E-state index in [0.717, 1.165) is 37.0 Å². The highest BCUT2D eigenvalue weighted by Gasteiger charge is 2.42. The van der Waals surface area contributed by atoms with Crippen LogP contribution in [-0.4, -0.2) is 69.7 Å². The van der Waals surface area contributed by atoms with E-state index in [1.807, 2.05) is 12.1 Å². The molecule has 4 rings (SSSR count). The summed E-state index contributed by atoms with van der Waals surface area (Å²) in [6, 6.07) is 7.36. The number of rotatable bonds is 5. The molecule has 3 saturated heterocycles. The van der Waals surface area contributed by atoms with Gasteiger partial charge in [-0.05, 0) is 56.3 Å². The fraction of sp³-hybridized carbons (Fsp3) is 0.684. The highest BCUT2D eigenvalue weighted by Crippen LogP contribution is 2.34. The molecule has 0 bridgehead atoms. The number of nitrogens with zero attached hydrogens (tertiary/aromatic N) is 2. The molecule has 3 heterocycles. The Bertz CT molecular complexity index is 749. The molecule has 6 nitrogen and oxygen atoms in total. The van der Waals surface area contributed by atoms with Gasteiger partial charge in [-0.3, -0.25) is 15.5 Å². The van der Waals surface area contributed by atoms with Crippen LogP contribution < -0.4 is 15.5 Å². The van der Waals surface area contributed by atoms with E-state index in [-0.39, 0.29) is 6.29 Å². The lowest BCUT2D eigenvalue weighted by Gasteiger charge is -2.46. The lowest BCUT2D eigenvalue weighted by atomic mass is 10.0. The van der Waals surface area contributed by atoms with Crippen molar-refractivity contribution >= 4 is 27.3 Å². The quantitative estimate of drug-likeness (QED) is 0.763. The minimum atomic E-state index is -3.15. The molecule has 0 aliphatic carbocycles. The summed E-state index contributed by atoms with van der Waals surface area (Å²) in [7, 11) is -0.965. The van der Waals surface area contributed by atoms with Crippen LogP contribution in [0.25, 0.3) is 0 Å². The summed E-state index contributed by atoms with van der Waals surface area (Å²) in [6.07, 6.45) is 5.59. The van der Waals surface area contributed by atoms with Crippen molar-refractivity contribution in [2.24, 2.45) is 5.92 Å². The third kappa shape index (κ3) is 4.15. The molecule has 0 spiro atoms. The monoisotopic (exact) mass is 410 g/mol. The van der Waals surface area contributed by atoms with Crippen molar-refractivity contribution in [1.29, 1.82) is 0 Å². The van der Waals surface area contributed by atoms with E-state index in [0.29, 0.717) is 17.0 Å². The number of sulfone groups is 1. The summed E-state index contributed by atoms with van der Waals surface area (Å²) in [5, 5.41) is 8.12. The Morgan fingerprint density at radius 2 is 2.04 bits per heavy atom. The summed E-state index contributed by atoms with van der Waals surface area (Å²) in [5.74, 6) is 1.88. The van der Waals surface area contributed by atoms with Crippen molar-refractivity contribution in [3.05, 3.63) is 24.3 Å².